The van der Waals surface area contributed by atoms with Crippen LogP contribution < -0.4 is 10.6 Å². The van der Waals surface area contributed by atoms with Crippen LogP contribution in [0.3, 0.4) is 0 Å². The Balaban J connectivity index is 1.86. The van der Waals surface area contributed by atoms with Gasteiger partial charge in [0.15, 0.2) is 5.96 Å². The number of nitrogens with zero attached hydrogens (tertiary/aromatic N) is 2. The molecule has 0 spiro atoms. The van der Waals surface area contributed by atoms with Crippen LogP contribution in [-0.2, 0) is 21.8 Å². The molecular weight excluding hydrogens is 384 g/mol. The largest absolute Gasteiger partial charge is 0.357 e. The zero-order valence-electron chi connectivity index (χ0n) is 18.7. The monoisotopic (exact) mass is 422 g/mol. The number of guanidine groups is 1. The summed E-state index contributed by atoms with van der Waals surface area (Å²) in [6, 6.07) is 9.07. The highest BCUT2D eigenvalue weighted by Gasteiger charge is 2.20. The Morgan fingerprint density at radius 2 is 1.79 bits per heavy atom. The van der Waals surface area contributed by atoms with Crippen molar-refractivity contribution in [1.29, 1.82) is 0 Å². The first kappa shape index (κ1) is 23.7. The molecule has 2 N–H and O–H groups in total. The number of likely N-dealkylation sites (tertiary alicyclic amines) is 1. The van der Waals surface area contributed by atoms with Crippen molar-refractivity contribution in [2.75, 3.05) is 38.2 Å². The van der Waals surface area contributed by atoms with Gasteiger partial charge >= 0.3 is 0 Å². The van der Waals surface area contributed by atoms with Gasteiger partial charge < -0.3 is 15.5 Å². The lowest BCUT2D eigenvalue weighted by Crippen LogP contribution is -2.49. The molecule has 0 aromatic heterocycles. The second-order valence-corrected chi connectivity index (χ2v) is 11.3. The van der Waals surface area contributed by atoms with Gasteiger partial charge in [-0.05, 0) is 36.3 Å². The highest BCUT2D eigenvalue weighted by atomic mass is 32.2. The Morgan fingerprint density at radius 3 is 2.31 bits per heavy atom. The SMILES string of the molecule is CCNC(=NCc1ccc(C(C)(C)C)cc1)NC1CCN(CCS(C)(=O)=O)CC1. The molecule has 1 saturated heterocycles. The maximum absolute atomic E-state index is 11.3. The lowest BCUT2D eigenvalue weighted by molar-refractivity contribution is 0.216. The van der Waals surface area contributed by atoms with Gasteiger partial charge in [0.25, 0.3) is 0 Å². The van der Waals surface area contributed by atoms with E-state index in [-0.39, 0.29) is 11.2 Å². The number of piperidine rings is 1. The smallest absolute Gasteiger partial charge is 0.191 e. The fourth-order valence-corrected chi connectivity index (χ4v) is 3.98. The summed E-state index contributed by atoms with van der Waals surface area (Å²) < 4.78 is 22.7. The second kappa shape index (κ2) is 10.4. The van der Waals surface area contributed by atoms with Crippen LogP contribution in [0.1, 0.15) is 51.7 Å². The Kier molecular flexibility index (Phi) is 8.52. The third kappa shape index (κ3) is 8.74. The van der Waals surface area contributed by atoms with Crippen molar-refractivity contribution in [3.05, 3.63) is 35.4 Å². The van der Waals surface area contributed by atoms with Crippen molar-refractivity contribution in [3.63, 3.8) is 0 Å². The zero-order valence-corrected chi connectivity index (χ0v) is 19.5. The number of nitrogens with one attached hydrogen (secondary N) is 2. The highest BCUT2D eigenvalue weighted by molar-refractivity contribution is 7.90. The maximum Gasteiger partial charge on any atom is 0.191 e. The number of hydrogen-bond acceptors (Lipinski definition) is 4. The first-order valence-electron chi connectivity index (χ1n) is 10.6. The molecule has 164 valence electrons. The van der Waals surface area contributed by atoms with E-state index in [9.17, 15) is 8.42 Å². The van der Waals surface area contributed by atoms with E-state index in [1.54, 1.807) is 0 Å². The molecule has 1 heterocycles. The van der Waals surface area contributed by atoms with Gasteiger partial charge in [-0.2, -0.15) is 0 Å². The Bertz CT molecular complexity index is 759. The summed E-state index contributed by atoms with van der Waals surface area (Å²) in [7, 11) is -2.89. The fourth-order valence-electron chi connectivity index (χ4n) is 3.39. The summed E-state index contributed by atoms with van der Waals surface area (Å²) in [5.41, 5.74) is 2.69. The van der Waals surface area contributed by atoms with E-state index in [1.165, 1.54) is 17.4 Å². The van der Waals surface area contributed by atoms with Gasteiger partial charge in [0, 0.05) is 38.5 Å². The normalized spacial score (nSPS) is 17.3. The van der Waals surface area contributed by atoms with Crippen LogP contribution in [0.15, 0.2) is 29.3 Å². The van der Waals surface area contributed by atoms with Gasteiger partial charge in [0.2, 0.25) is 0 Å². The molecule has 29 heavy (non-hydrogen) atoms. The average molecular weight is 423 g/mol. The molecule has 1 aromatic rings. The van der Waals surface area contributed by atoms with Crippen molar-refractivity contribution < 1.29 is 8.42 Å². The Labute approximate surface area is 177 Å². The summed E-state index contributed by atoms with van der Waals surface area (Å²) >= 11 is 0. The van der Waals surface area contributed by atoms with Gasteiger partial charge in [0.1, 0.15) is 9.84 Å². The second-order valence-electron chi connectivity index (χ2n) is 9.03. The first-order valence-corrected chi connectivity index (χ1v) is 12.7. The molecule has 2 rings (SSSR count). The zero-order chi connectivity index (χ0) is 21.5. The first-order chi connectivity index (χ1) is 13.6. The topological polar surface area (TPSA) is 73.8 Å². The van der Waals surface area contributed by atoms with Crippen molar-refractivity contribution >= 4 is 15.8 Å². The molecule has 1 aliphatic rings. The molecule has 1 aromatic carbocycles. The molecule has 0 atom stereocenters. The predicted octanol–water partition coefficient (Wildman–Crippen LogP) is 2.55. The molecule has 0 radical (unpaired) electrons. The van der Waals surface area contributed by atoms with E-state index in [0.29, 0.717) is 19.1 Å². The minimum atomic E-state index is -2.89. The number of sulfone groups is 1. The molecule has 1 aliphatic heterocycles. The summed E-state index contributed by atoms with van der Waals surface area (Å²) in [5, 5.41) is 6.89. The lowest BCUT2D eigenvalue weighted by atomic mass is 9.87. The third-order valence-electron chi connectivity index (χ3n) is 5.29. The molecule has 0 bridgehead atoms. The van der Waals surface area contributed by atoms with E-state index in [0.717, 1.165) is 38.4 Å². The van der Waals surface area contributed by atoms with Crippen molar-refractivity contribution in [3.8, 4) is 0 Å². The summed E-state index contributed by atoms with van der Waals surface area (Å²) in [6.07, 6.45) is 3.29. The van der Waals surface area contributed by atoms with Crippen molar-refractivity contribution in [1.82, 2.24) is 15.5 Å². The molecule has 7 heteroatoms. The third-order valence-corrected chi connectivity index (χ3v) is 6.21. The van der Waals surface area contributed by atoms with E-state index in [4.69, 9.17) is 4.99 Å². The summed E-state index contributed by atoms with van der Waals surface area (Å²) in [5.74, 6) is 1.09. The fraction of sp³-hybridized carbons (Fsp3) is 0.682. The number of rotatable bonds is 7. The standard InChI is InChI=1S/C22H38N4O2S/c1-6-23-21(24-17-18-7-9-19(10-8-18)22(2,3)4)25-20-11-13-26(14-12-20)15-16-29(5,27)28/h7-10,20H,6,11-17H2,1-5H3,(H2,23,24,25). The van der Waals surface area contributed by atoms with E-state index in [1.807, 2.05) is 0 Å². The lowest BCUT2D eigenvalue weighted by Gasteiger charge is -2.32. The van der Waals surface area contributed by atoms with E-state index in [2.05, 4.69) is 67.5 Å². The van der Waals surface area contributed by atoms with Crippen LogP contribution in [0.5, 0.6) is 0 Å². The van der Waals surface area contributed by atoms with Gasteiger partial charge in [-0.25, -0.2) is 13.4 Å². The van der Waals surface area contributed by atoms with Crippen LogP contribution in [0, 0.1) is 0 Å². The van der Waals surface area contributed by atoms with Crippen LogP contribution in [0.4, 0.5) is 0 Å². The number of aliphatic imine (C=N–C) groups is 1. The van der Waals surface area contributed by atoms with Gasteiger partial charge in [0.05, 0.1) is 12.3 Å². The minimum absolute atomic E-state index is 0.161. The maximum atomic E-state index is 11.3. The van der Waals surface area contributed by atoms with Crippen LogP contribution in [0.2, 0.25) is 0 Å². The van der Waals surface area contributed by atoms with E-state index < -0.39 is 9.84 Å². The van der Waals surface area contributed by atoms with Gasteiger partial charge in [-0.3, -0.25) is 0 Å². The van der Waals surface area contributed by atoms with Gasteiger partial charge in [-0.1, -0.05) is 45.0 Å². The predicted molar refractivity (Wildman–Crippen MR) is 122 cm³/mol. The Morgan fingerprint density at radius 1 is 1.17 bits per heavy atom. The molecule has 0 aliphatic carbocycles. The molecule has 0 amide bonds. The molecule has 0 unspecified atom stereocenters. The average Bonchev–Trinajstić information content (AvgIpc) is 2.65. The minimum Gasteiger partial charge on any atom is -0.357 e. The molecule has 6 nitrogen and oxygen atoms in total. The summed E-state index contributed by atoms with van der Waals surface area (Å²) in [6.45, 7) is 12.7. The van der Waals surface area contributed by atoms with Crippen LogP contribution in [-0.4, -0.2) is 63.5 Å². The number of hydrogen-bond donors (Lipinski definition) is 2. The number of benzene rings is 1. The molecule has 0 saturated carbocycles. The Hall–Kier alpha value is -1.60. The molecule has 1 fully saturated rings. The van der Waals surface area contributed by atoms with E-state index >= 15 is 0 Å². The van der Waals surface area contributed by atoms with Gasteiger partial charge in [-0.15, -0.1) is 0 Å². The van der Waals surface area contributed by atoms with Crippen LogP contribution >= 0.6 is 0 Å². The van der Waals surface area contributed by atoms with Crippen molar-refractivity contribution in [2.24, 2.45) is 4.99 Å². The summed E-state index contributed by atoms with van der Waals surface area (Å²) in [4.78, 5) is 6.99. The molecular formula is C22H38N4O2S. The highest BCUT2D eigenvalue weighted by Crippen LogP contribution is 2.22. The van der Waals surface area contributed by atoms with Crippen LogP contribution in [0.25, 0.3) is 0 Å². The quantitative estimate of drug-likeness (QED) is 0.522. The van der Waals surface area contributed by atoms with Crippen molar-refractivity contribution in [2.45, 2.75) is 58.5 Å².